The lowest BCUT2D eigenvalue weighted by atomic mass is 10.2. The summed E-state index contributed by atoms with van der Waals surface area (Å²) in [7, 11) is 1.51. The van der Waals surface area contributed by atoms with Crippen LogP contribution in [0.5, 0.6) is 0 Å². The summed E-state index contributed by atoms with van der Waals surface area (Å²) in [4.78, 5) is 41.5. The Morgan fingerprint density at radius 2 is 1.97 bits per heavy atom. The molecule has 0 aliphatic carbocycles. The van der Waals surface area contributed by atoms with E-state index in [2.05, 4.69) is 4.98 Å². The number of amides is 1. The molecule has 1 amide bonds. The number of nitrogens with two attached hydrogens (primary N) is 1. The van der Waals surface area contributed by atoms with Gasteiger partial charge in [0.1, 0.15) is 5.82 Å². The number of aromatic nitrogens is 2. The zero-order valence-corrected chi connectivity index (χ0v) is 16.8. The van der Waals surface area contributed by atoms with E-state index in [4.69, 9.17) is 10.5 Å². The molecule has 0 fully saturated rings. The Morgan fingerprint density at radius 3 is 2.62 bits per heavy atom. The minimum atomic E-state index is -0.702. The van der Waals surface area contributed by atoms with Gasteiger partial charge in [-0.15, -0.1) is 0 Å². The molecule has 0 aliphatic heterocycles. The Kier molecular flexibility index (Phi) is 6.63. The average Bonchev–Trinajstić information content (AvgIpc) is 3.21. The van der Waals surface area contributed by atoms with Crippen molar-refractivity contribution in [2.45, 2.75) is 13.0 Å². The first-order chi connectivity index (χ1) is 14.0. The maximum atomic E-state index is 13.0. The van der Waals surface area contributed by atoms with Crippen LogP contribution >= 0.6 is 11.3 Å². The molecule has 3 aromatic rings. The van der Waals surface area contributed by atoms with Crippen molar-refractivity contribution in [3.63, 3.8) is 0 Å². The summed E-state index contributed by atoms with van der Waals surface area (Å²) >= 11 is 1.49. The number of benzene rings is 1. The largest absolute Gasteiger partial charge is 0.383 e. The van der Waals surface area contributed by atoms with Crippen LogP contribution in [0.1, 0.15) is 11.1 Å². The molecule has 0 spiro atoms. The maximum Gasteiger partial charge on any atom is 0.330 e. The minimum Gasteiger partial charge on any atom is -0.383 e. The Hall–Kier alpha value is -3.17. The van der Waals surface area contributed by atoms with E-state index in [0.717, 1.165) is 11.1 Å². The van der Waals surface area contributed by atoms with E-state index in [1.807, 2.05) is 47.2 Å². The van der Waals surface area contributed by atoms with Crippen molar-refractivity contribution >= 4 is 28.7 Å². The number of rotatable bonds is 8. The van der Waals surface area contributed by atoms with Crippen molar-refractivity contribution in [1.29, 1.82) is 0 Å². The Labute approximate surface area is 171 Å². The third kappa shape index (κ3) is 4.82. The zero-order chi connectivity index (χ0) is 20.8. The fourth-order valence-electron chi connectivity index (χ4n) is 2.97. The molecule has 0 unspecified atom stereocenters. The van der Waals surface area contributed by atoms with Crippen molar-refractivity contribution in [3.8, 4) is 0 Å². The van der Waals surface area contributed by atoms with Crippen LogP contribution in [-0.2, 0) is 22.5 Å². The van der Waals surface area contributed by atoms with E-state index in [1.165, 1.54) is 27.9 Å². The summed E-state index contributed by atoms with van der Waals surface area (Å²) in [5.74, 6) is -0.361. The molecule has 0 radical (unpaired) electrons. The van der Waals surface area contributed by atoms with Gasteiger partial charge in [0.15, 0.2) is 5.69 Å². The first kappa shape index (κ1) is 20.6. The predicted molar refractivity (Wildman–Crippen MR) is 114 cm³/mol. The Morgan fingerprint density at radius 1 is 1.21 bits per heavy atom. The van der Waals surface area contributed by atoms with Crippen LogP contribution in [0.4, 0.5) is 11.5 Å². The monoisotopic (exact) mass is 414 g/mol. The second-order valence-electron chi connectivity index (χ2n) is 6.41. The molecule has 8 nitrogen and oxygen atoms in total. The molecule has 29 heavy (non-hydrogen) atoms. The van der Waals surface area contributed by atoms with Crippen molar-refractivity contribution in [2.75, 3.05) is 30.9 Å². The van der Waals surface area contributed by atoms with Crippen LogP contribution < -0.4 is 21.9 Å². The highest BCUT2D eigenvalue weighted by atomic mass is 32.1. The number of carbonyl (C=O) groups is 1. The first-order valence-corrected chi connectivity index (χ1v) is 9.92. The number of ether oxygens (including phenoxy) is 1. The van der Waals surface area contributed by atoms with Gasteiger partial charge in [-0.05, 0) is 28.0 Å². The van der Waals surface area contributed by atoms with Crippen LogP contribution in [0.2, 0.25) is 0 Å². The SMILES string of the molecule is COCCN(C(=O)Cc1ccsc1)c1c(N)n(Cc2ccccc2)c(=O)[nH]c1=O. The fraction of sp³-hybridized carbons (Fsp3) is 0.250. The number of hydrogen-bond acceptors (Lipinski definition) is 6. The average molecular weight is 414 g/mol. The topological polar surface area (TPSA) is 110 Å². The maximum absolute atomic E-state index is 13.0. The number of nitrogens with one attached hydrogen (secondary N) is 1. The third-order valence-corrected chi connectivity index (χ3v) is 5.16. The van der Waals surface area contributed by atoms with Crippen molar-refractivity contribution in [2.24, 2.45) is 0 Å². The summed E-state index contributed by atoms with van der Waals surface area (Å²) in [6.07, 6.45) is 0.115. The van der Waals surface area contributed by atoms with E-state index in [9.17, 15) is 14.4 Å². The number of methoxy groups -OCH3 is 1. The van der Waals surface area contributed by atoms with Gasteiger partial charge >= 0.3 is 5.69 Å². The number of anilines is 2. The van der Waals surface area contributed by atoms with Gasteiger partial charge in [0.05, 0.1) is 19.6 Å². The fourth-order valence-corrected chi connectivity index (χ4v) is 3.64. The lowest BCUT2D eigenvalue weighted by Gasteiger charge is -2.24. The van der Waals surface area contributed by atoms with Gasteiger partial charge in [0, 0.05) is 13.7 Å². The molecule has 0 saturated carbocycles. The zero-order valence-electron chi connectivity index (χ0n) is 16.0. The Balaban J connectivity index is 2.02. The van der Waals surface area contributed by atoms with Crippen LogP contribution in [0.25, 0.3) is 0 Å². The highest BCUT2D eigenvalue weighted by Gasteiger charge is 2.24. The number of nitrogen functional groups attached to an aromatic ring is 1. The third-order valence-electron chi connectivity index (χ3n) is 4.42. The molecule has 152 valence electrons. The summed E-state index contributed by atoms with van der Waals surface area (Å²) < 4.78 is 6.35. The predicted octanol–water partition coefficient (Wildman–Crippen LogP) is 1.45. The molecule has 2 heterocycles. The second-order valence-corrected chi connectivity index (χ2v) is 7.19. The molecule has 2 aromatic heterocycles. The summed E-state index contributed by atoms with van der Waals surface area (Å²) in [6, 6.07) is 11.1. The van der Waals surface area contributed by atoms with Gasteiger partial charge in [0.2, 0.25) is 5.91 Å². The summed E-state index contributed by atoms with van der Waals surface area (Å²) in [6.45, 7) is 0.522. The second kappa shape index (κ2) is 9.35. The molecule has 3 N–H and O–H groups in total. The Bertz CT molecular complexity index is 1070. The van der Waals surface area contributed by atoms with Crippen molar-refractivity contribution in [1.82, 2.24) is 9.55 Å². The lowest BCUT2D eigenvalue weighted by Crippen LogP contribution is -2.43. The molecule has 0 aliphatic rings. The minimum absolute atomic E-state index is 0.0437. The van der Waals surface area contributed by atoms with Crippen LogP contribution in [0.3, 0.4) is 0 Å². The molecule has 0 atom stereocenters. The molecule has 0 bridgehead atoms. The highest BCUT2D eigenvalue weighted by molar-refractivity contribution is 7.08. The van der Waals surface area contributed by atoms with Gasteiger partial charge in [0.25, 0.3) is 5.56 Å². The first-order valence-electron chi connectivity index (χ1n) is 8.98. The van der Waals surface area contributed by atoms with E-state index in [0.29, 0.717) is 0 Å². The van der Waals surface area contributed by atoms with Crippen molar-refractivity contribution < 1.29 is 9.53 Å². The molecular formula is C20H22N4O4S. The van der Waals surface area contributed by atoms with Crippen LogP contribution in [-0.4, -0.2) is 35.7 Å². The van der Waals surface area contributed by atoms with Crippen molar-refractivity contribution in [3.05, 3.63) is 79.1 Å². The van der Waals surface area contributed by atoms with Crippen LogP contribution in [0, 0.1) is 0 Å². The summed E-state index contributed by atoms with van der Waals surface area (Å²) in [5, 5.41) is 3.75. The van der Waals surface area contributed by atoms with Gasteiger partial charge in [-0.3, -0.25) is 19.1 Å². The van der Waals surface area contributed by atoms with Gasteiger partial charge in [-0.25, -0.2) is 4.79 Å². The molecule has 1 aromatic carbocycles. The molecular weight excluding hydrogens is 392 g/mol. The van der Waals surface area contributed by atoms with Gasteiger partial charge in [-0.1, -0.05) is 30.3 Å². The number of aromatic amines is 1. The van der Waals surface area contributed by atoms with Gasteiger partial charge in [-0.2, -0.15) is 11.3 Å². The number of hydrogen-bond donors (Lipinski definition) is 2. The number of H-pyrrole nitrogens is 1. The highest BCUT2D eigenvalue weighted by Crippen LogP contribution is 2.19. The smallest absolute Gasteiger partial charge is 0.330 e. The number of thiophene rings is 1. The molecule has 3 rings (SSSR count). The normalized spacial score (nSPS) is 10.8. The van der Waals surface area contributed by atoms with Crippen LogP contribution in [0.15, 0.2) is 56.7 Å². The van der Waals surface area contributed by atoms with E-state index in [-0.39, 0.29) is 43.5 Å². The molecule has 0 saturated heterocycles. The van der Waals surface area contributed by atoms with Gasteiger partial charge < -0.3 is 15.4 Å². The molecule has 9 heteroatoms. The lowest BCUT2D eigenvalue weighted by molar-refractivity contribution is -0.118. The number of nitrogens with zero attached hydrogens (tertiary/aromatic N) is 2. The number of carbonyl (C=O) groups excluding carboxylic acids is 1. The quantitative estimate of drug-likeness (QED) is 0.580. The van der Waals surface area contributed by atoms with E-state index >= 15 is 0 Å². The summed E-state index contributed by atoms with van der Waals surface area (Å²) in [5.41, 5.74) is 6.54. The van der Waals surface area contributed by atoms with E-state index in [1.54, 1.807) is 0 Å². The standard InChI is InChI=1S/C20H22N4O4S/c1-28-9-8-23(16(25)11-15-7-10-29-13-15)17-18(21)24(20(27)22-19(17)26)12-14-5-3-2-4-6-14/h2-7,10,13H,8-9,11-12,21H2,1H3,(H,22,26,27). The van der Waals surface area contributed by atoms with E-state index < -0.39 is 11.2 Å².